The van der Waals surface area contributed by atoms with E-state index >= 15 is 0 Å². The number of hydrogen-bond acceptors (Lipinski definition) is 7. The van der Waals surface area contributed by atoms with Crippen LogP contribution in [0.5, 0.6) is 5.75 Å². The Hall–Kier alpha value is -2.70. The van der Waals surface area contributed by atoms with E-state index in [9.17, 15) is 21.6 Å². The molecule has 32 heavy (non-hydrogen) atoms. The number of hydrogen-bond donors (Lipinski definition) is 3. The number of benzene rings is 1. The average molecular weight is 481 g/mol. The standard InChI is InChI=1S/C20H24N4O6S2/c1-21-31(26,27)12-9-10-18(17(11-12)30-2)32(28,29)24-20(25)23-19-13-5-3-7-15(13)22-16-8-4-6-14(16)19/h9-11,21H,3-8H2,1-2H3,(H2,22,23,24,25). The van der Waals surface area contributed by atoms with Crippen molar-refractivity contribution in [2.45, 2.75) is 48.3 Å². The molecule has 0 saturated carbocycles. The molecule has 4 rings (SSSR count). The van der Waals surface area contributed by atoms with Gasteiger partial charge in [0.2, 0.25) is 10.0 Å². The lowest BCUT2D eigenvalue weighted by Crippen LogP contribution is -2.35. The molecule has 3 N–H and O–H groups in total. The Kier molecular flexibility index (Phi) is 5.86. The summed E-state index contributed by atoms with van der Waals surface area (Å²) in [7, 11) is -5.68. The van der Waals surface area contributed by atoms with Gasteiger partial charge in [0.1, 0.15) is 10.6 Å². The molecule has 2 aliphatic rings. The van der Waals surface area contributed by atoms with Crippen LogP contribution in [0.25, 0.3) is 0 Å². The minimum absolute atomic E-state index is 0.164. The van der Waals surface area contributed by atoms with Crippen LogP contribution in [0, 0.1) is 0 Å². The van der Waals surface area contributed by atoms with Gasteiger partial charge in [-0.1, -0.05) is 0 Å². The first-order valence-electron chi connectivity index (χ1n) is 10.1. The zero-order chi connectivity index (χ0) is 23.1. The smallest absolute Gasteiger partial charge is 0.333 e. The molecule has 172 valence electrons. The Labute approximate surface area is 186 Å². The maximum Gasteiger partial charge on any atom is 0.333 e. The van der Waals surface area contributed by atoms with Crippen molar-refractivity contribution in [3.05, 3.63) is 40.7 Å². The molecule has 1 aromatic carbocycles. The highest BCUT2D eigenvalue weighted by molar-refractivity contribution is 7.90. The van der Waals surface area contributed by atoms with Crippen LogP contribution in [-0.4, -0.2) is 42.0 Å². The van der Waals surface area contributed by atoms with E-state index in [0.29, 0.717) is 5.69 Å². The number of urea groups is 1. The molecule has 0 radical (unpaired) electrons. The predicted molar refractivity (Wildman–Crippen MR) is 117 cm³/mol. The largest absolute Gasteiger partial charge is 0.495 e. The zero-order valence-electron chi connectivity index (χ0n) is 17.7. The lowest BCUT2D eigenvalue weighted by Gasteiger charge is -2.16. The number of aromatic nitrogens is 1. The minimum atomic E-state index is -4.34. The highest BCUT2D eigenvalue weighted by Crippen LogP contribution is 2.36. The summed E-state index contributed by atoms with van der Waals surface area (Å²) in [4.78, 5) is 16.9. The van der Waals surface area contributed by atoms with Gasteiger partial charge < -0.3 is 10.1 Å². The summed E-state index contributed by atoms with van der Waals surface area (Å²) in [6.07, 6.45) is 5.14. The summed E-state index contributed by atoms with van der Waals surface area (Å²) in [5.41, 5.74) is 4.53. The number of pyridine rings is 1. The third-order valence-corrected chi connectivity index (χ3v) is 8.50. The molecule has 0 saturated heterocycles. The normalized spacial score (nSPS) is 15.2. The molecule has 0 aliphatic heterocycles. The van der Waals surface area contributed by atoms with Gasteiger partial charge in [0.15, 0.2) is 0 Å². The van der Waals surface area contributed by atoms with Crippen molar-refractivity contribution in [2.75, 3.05) is 19.5 Å². The number of fused-ring (bicyclic) bond motifs is 2. The highest BCUT2D eigenvalue weighted by atomic mass is 32.2. The van der Waals surface area contributed by atoms with Gasteiger partial charge in [-0.05, 0) is 68.8 Å². The van der Waals surface area contributed by atoms with Gasteiger partial charge >= 0.3 is 6.03 Å². The van der Waals surface area contributed by atoms with Crippen LogP contribution in [0.15, 0.2) is 28.0 Å². The number of sulfonamides is 2. The molecule has 12 heteroatoms. The summed E-state index contributed by atoms with van der Waals surface area (Å²) in [5, 5.41) is 2.73. The Balaban J connectivity index is 1.61. The Bertz CT molecular complexity index is 1270. The summed E-state index contributed by atoms with van der Waals surface area (Å²) in [5.74, 6) is -0.202. The Morgan fingerprint density at radius 1 is 0.969 bits per heavy atom. The first-order valence-corrected chi connectivity index (χ1v) is 13.1. The quantitative estimate of drug-likeness (QED) is 0.568. The minimum Gasteiger partial charge on any atom is -0.495 e. The van der Waals surface area contributed by atoms with Crippen LogP contribution < -0.4 is 19.5 Å². The second kappa shape index (κ2) is 8.34. The number of carbonyl (C=O) groups is 1. The van der Waals surface area contributed by atoms with Crippen LogP contribution in [0.3, 0.4) is 0 Å². The molecule has 0 bridgehead atoms. The van der Waals surface area contributed by atoms with Crippen molar-refractivity contribution < 1.29 is 26.4 Å². The average Bonchev–Trinajstić information content (AvgIpc) is 3.42. The van der Waals surface area contributed by atoms with E-state index in [1.807, 2.05) is 4.72 Å². The fourth-order valence-electron chi connectivity index (χ4n) is 4.21. The van der Waals surface area contributed by atoms with Crippen molar-refractivity contribution in [1.82, 2.24) is 14.4 Å². The van der Waals surface area contributed by atoms with E-state index in [2.05, 4.69) is 10.0 Å². The van der Waals surface area contributed by atoms with Gasteiger partial charge in [-0.15, -0.1) is 0 Å². The van der Waals surface area contributed by atoms with Crippen LogP contribution in [0.1, 0.15) is 35.4 Å². The molecule has 1 heterocycles. The van der Waals surface area contributed by atoms with Crippen molar-refractivity contribution in [1.29, 1.82) is 0 Å². The number of rotatable bonds is 6. The Morgan fingerprint density at radius 3 is 2.16 bits per heavy atom. The van der Waals surface area contributed by atoms with Crippen LogP contribution in [0.2, 0.25) is 0 Å². The van der Waals surface area contributed by atoms with Gasteiger partial charge in [-0.3, -0.25) is 4.98 Å². The fourth-order valence-corrected chi connectivity index (χ4v) is 6.01. The van der Waals surface area contributed by atoms with E-state index in [0.717, 1.165) is 79.2 Å². The van der Waals surface area contributed by atoms with E-state index in [1.54, 1.807) is 0 Å². The third kappa shape index (κ3) is 4.05. The van der Waals surface area contributed by atoms with E-state index in [4.69, 9.17) is 9.72 Å². The molecule has 1 aromatic heterocycles. The van der Waals surface area contributed by atoms with Crippen molar-refractivity contribution in [3.8, 4) is 5.75 Å². The summed E-state index contributed by atoms with van der Waals surface area (Å²) in [6.45, 7) is 0. The third-order valence-electron chi connectivity index (χ3n) is 5.72. The van der Waals surface area contributed by atoms with Crippen molar-refractivity contribution in [2.24, 2.45) is 0 Å². The molecule has 0 spiro atoms. The number of amides is 2. The first kappa shape index (κ1) is 22.5. The second-order valence-electron chi connectivity index (χ2n) is 7.62. The van der Waals surface area contributed by atoms with Crippen LogP contribution in [0.4, 0.5) is 10.5 Å². The topological polar surface area (TPSA) is 144 Å². The molecular formula is C20H24N4O6S2. The number of ether oxygens (including phenoxy) is 1. The van der Waals surface area contributed by atoms with Crippen LogP contribution in [-0.2, 0) is 45.7 Å². The number of nitrogens with one attached hydrogen (secondary N) is 3. The maximum absolute atomic E-state index is 12.9. The lowest BCUT2D eigenvalue weighted by atomic mass is 10.1. The summed E-state index contributed by atoms with van der Waals surface area (Å²) >= 11 is 0. The van der Waals surface area contributed by atoms with Crippen molar-refractivity contribution >= 4 is 31.8 Å². The molecule has 2 aliphatic carbocycles. The first-order chi connectivity index (χ1) is 15.2. The van der Waals surface area contributed by atoms with E-state index in [-0.39, 0.29) is 15.5 Å². The zero-order valence-corrected chi connectivity index (χ0v) is 19.3. The molecular weight excluding hydrogens is 456 g/mol. The number of methoxy groups -OCH3 is 1. The highest BCUT2D eigenvalue weighted by Gasteiger charge is 2.29. The van der Waals surface area contributed by atoms with Gasteiger partial charge in [0.05, 0.1) is 17.7 Å². The molecule has 2 aromatic rings. The lowest BCUT2D eigenvalue weighted by molar-refractivity contribution is 0.256. The molecule has 0 fully saturated rings. The van der Waals surface area contributed by atoms with E-state index < -0.39 is 26.1 Å². The predicted octanol–water partition coefficient (Wildman–Crippen LogP) is 1.49. The van der Waals surface area contributed by atoms with Gasteiger partial charge in [-0.2, -0.15) is 0 Å². The Morgan fingerprint density at radius 2 is 1.59 bits per heavy atom. The maximum atomic E-state index is 12.9. The SMILES string of the molecule is CNS(=O)(=O)c1ccc(S(=O)(=O)NC(=O)Nc2c3c(nc4c2CCC4)CCC3)c(OC)c1. The number of carbonyl (C=O) groups excluding carboxylic acids is 1. The molecule has 10 nitrogen and oxygen atoms in total. The molecule has 0 atom stereocenters. The fraction of sp³-hybridized carbons (Fsp3) is 0.400. The second-order valence-corrected chi connectivity index (χ2v) is 11.2. The molecule has 0 unspecified atom stereocenters. The summed E-state index contributed by atoms with van der Waals surface area (Å²) < 4.78 is 59.0. The number of nitrogens with zero attached hydrogens (tertiary/aromatic N) is 1. The van der Waals surface area contributed by atoms with E-state index in [1.165, 1.54) is 14.2 Å². The van der Waals surface area contributed by atoms with Gasteiger partial charge in [0.25, 0.3) is 10.0 Å². The monoisotopic (exact) mass is 480 g/mol. The molecule has 2 amide bonds. The van der Waals surface area contributed by atoms with Gasteiger partial charge in [0, 0.05) is 17.5 Å². The van der Waals surface area contributed by atoms with Crippen LogP contribution >= 0.6 is 0 Å². The number of anilines is 1. The number of aryl methyl sites for hydroxylation is 2. The van der Waals surface area contributed by atoms with Crippen molar-refractivity contribution in [3.63, 3.8) is 0 Å². The summed E-state index contributed by atoms with van der Waals surface area (Å²) in [6, 6.07) is 2.40. The van der Waals surface area contributed by atoms with Gasteiger partial charge in [-0.25, -0.2) is 31.1 Å².